The van der Waals surface area contributed by atoms with Crippen LogP contribution in [0.3, 0.4) is 0 Å². The normalized spacial score (nSPS) is 13.5. The van der Waals surface area contributed by atoms with Crippen molar-refractivity contribution >= 4 is 11.8 Å². The first kappa shape index (κ1) is 14.2. The summed E-state index contributed by atoms with van der Waals surface area (Å²) in [4.78, 5) is 0. The Bertz CT molecular complexity index is 120. The Morgan fingerprint density at radius 2 is 2.07 bits per heavy atom. The molecule has 0 aliphatic carbocycles. The molecule has 0 spiro atoms. The summed E-state index contributed by atoms with van der Waals surface area (Å²) < 4.78 is 10.2. The predicted octanol–water partition coefficient (Wildman–Crippen LogP) is 1.54. The fraction of sp³-hybridized carbons (Fsp3) is 1.00. The van der Waals surface area contributed by atoms with Crippen LogP contribution in [-0.4, -0.2) is 49.1 Å². The highest BCUT2D eigenvalue weighted by molar-refractivity contribution is 7.99. The molecule has 1 unspecified atom stereocenters. The summed E-state index contributed by atoms with van der Waals surface area (Å²) in [6.45, 7) is 5.18. The third-order valence-corrected chi connectivity index (χ3v) is 2.77. The van der Waals surface area contributed by atoms with Crippen LogP contribution in [0.2, 0.25) is 0 Å². The molecule has 0 aromatic heterocycles. The summed E-state index contributed by atoms with van der Waals surface area (Å²) in [5.41, 5.74) is 0. The van der Waals surface area contributed by atoms with E-state index in [1.54, 1.807) is 18.9 Å². The second kappa shape index (κ2) is 9.77. The maximum absolute atomic E-state index is 9.48. The Morgan fingerprint density at radius 1 is 1.36 bits per heavy atom. The van der Waals surface area contributed by atoms with Crippen LogP contribution in [-0.2, 0) is 9.47 Å². The minimum atomic E-state index is -0.343. The van der Waals surface area contributed by atoms with Crippen molar-refractivity contribution in [1.82, 2.24) is 0 Å². The fourth-order valence-electron chi connectivity index (χ4n) is 0.876. The first-order valence-electron chi connectivity index (χ1n) is 5.03. The largest absolute Gasteiger partial charge is 0.390 e. The highest BCUT2D eigenvalue weighted by Crippen LogP contribution is 2.06. The van der Waals surface area contributed by atoms with Crippen molar-refractivity contribution in [1.29, 1.82) is 0 Å². The van der Waals surface area contributed by atoms with Gasteiger partial charge in [-0.3, -0.25) is 0 Å². The van der Waals surface area contributed by atoms with Crippen molar-refractivity contribution in [2.75, 3.05) is 31.8 Å². The molecule has 4 heteroatoms. The minimum Gasteiger partial charge on any atom is -0.390 e. The number of hydrogen-bond acceptors (Lipinski definition) is 4. The second-order valence-corrected chi connectivity index (χ2v) is 4.61. The lowest BCUT2D eigenvalue weighted by atomic mass is 10.4. The monoisotopic (exact) mass is 222 g/mol. The lowest BCUT2D eigenvalue weighted by molar-refractivity contribution is 0.0152. The average Bonchev–Trinajstić information content (AvgIpc) is 2.14. The third kappa shape index (κ3) is 10.3. The summed E-state index contributed by atoms with van der Waals surface area (Å²) in [5, 5.41) is 9.48. The van der Waals surface area contributed by atoms with E-state index >= 15 is 0 Å². The van der Waals surface area contributed by atoms with E-state index in [0.29, 0.717) is 6.61 Å². The highest BCUT2D eigenvalue weighted by atomic mass is 32.2. The van der Waals surface area contributed by atoms with E-state index < -0.39 is 0 Å². The van der Waals surface area contributed by atoms with Gasteiger partial charge in [-0.15, -0.1) is 0 Å². The van der Waals surface area contributed by atoms with E-state index in [1.165, 1.54) is 0 Å². The minimum absolute atomic E-state index is 0.197. The van der Waals surface area contributed by atoms with Crippen LogP contribution < -0.4 is 0 Å². The zero-order valence-electron chi connectivity index (χ0n) is 9.36. The first-order chi connectivity index (χ1) is 6.66. The number of rotatable bonds is 9. The summed E-state index contributed by atoms with van der Waals surface area (Å²) >= 11 is 1.74. The zero-order chi connectivity index (χ0) is 10.8. The summed E-state index contributed by atoms with van der Waals surface area (Å²) in [6, 6.07) is 0. The van der Waals surface area contributed by atoms with Crippen molar-refractivity contribution in [2.24, 2.45) is 0 Å². The number of thioether (sulfide) groups is 1. The van der Waals surface area contributed by atoms with Crippen LogP contribution in [0.15, 0.2) is 0 Å². The van der Waals surface area contributed by atoms with Crippen LogP contribution in [0.5, 0.6) is 0 Å². The van der Waals surface area contributed by atoms with E-state index in [0.717, 1.165) is 24.5 Å². The van der Waals surface area contributed by atoms with Crippen molar-refractivity contribution < 1.29 is 14.6 Å². The van der Waals surface area contributed by atoms with E-state index in [1.807, 2.05) is 13.8 Å². The molecule has 0 amide bonds. The Kier molecular flexibility index (Phi) is 9.93. The summed E-state index contributed by atoms with van der Waals surface area (Å²) in [5.74, 6) is 1.78. The van der Waals surface area contributed by atoms with Crippen molar-refractivity contribution in [2.45, 2.75) is 32.5 Å². The predicted molar refractivity (Wildman–Crippen MR) is 60.9 cm³/mol. The molecule has 0 saturated carbocycles. The molecule has 0 radical (unpaired) electrons. The maximum Gasteiger partial charge on any atom is 0.0863 e. The Hall–Kier alpha value is 0.230. The third-order valence-electron chi connectivity index (χ3n) is 1.57. The van der Waals surface area contributed by atoms with E-state index in [-0.39, 0.29) is 12.2 Å². The van der Waals surface area contributed by atoms with E-state index in [4.69, 9.17) is 9.47 Å². The molecule has 14 heavy (non-hydrogen) atoms. The molecule has 0 bridgehead atoms. The van der Waals surface area contributed by atoms with Gasteiger partial charge in [0.25, 0.3) is 0 Å². The summed E-state index contributed by atoms with van der Waals surface area (Å²) in [6.07, 6.45) is 0.895. The van der Waals surface area contributed by atoms with Gasteiger partial charge in [-0.1, -0.05) is 0 Å². The van der Waals surface area contributed by atoms with Gasteiger partial charge in [0.15, 0.2) is 0 Å². The van der Waals surface area contributed by atoms with Crippen LogP contribution >= 0.6 is 11.8 Å². The smallest absolute Gasteiger partial charge is 0.0863 e. The molecule has 1 atom stereocenters. The van der Waals surface area contributed by atoms with E-state index in [9.17, 15) is 5.11 Å². The molecular formula is C10H22O3S. The van der Waals surface area contributed by atoms with Gasteiger partial charge >= 0.3 is 0 Å². The van der Waals surface area contributed by atoms with Gasteiger partial charge in [0.1, 0.15) is 0 Å². The molecular weight excluding hydrogens is 200 g/mol. The number of hydrogen-bond donors (Lipinski definition) is 1. The lowest BCUT2D eigenvalue weighted by Gasteiger charge is -2.12. The first-order valence-corrected chi connectivity index (χ1v) is 6.18. The number of ether oxygens (including phenoxy) is 2. The quantitative estimate of drug-likeness (QED) is 0.601. The topological polar surface area (TPSA) is 38.7 Å². The van der Waals surface area contributed by atoms with Crippen molar-refractivity contribution in [3.8, 4) is 0 Å². The molecule has 0 aliphatic rings. The Labute approximate surface area is 91.2 Å². The van der Waals surface area contributed by atoms with Crippen molar-refractivity contribution in [3.05, 3.63) is 0 Å². The molecule has 0 fully saturated rings. The Morgan fingerprint density at radius 3 is 2.64 bits per heavy atom. The molecule has 1 N–H and O–H groups in total. The molecule has 0 aromatic rings. The fourth-order valence-corrected chi connectivity index (χ4v) is 1.73. The second-order valence-electron chi connectivity index (χ2n) is 3.46. The molecule has 86 valence electrons. The lowest BCUT2D eigenvalue weighted by Crippen LogP contribution is -2.20. The van der Waals surface area contributed by atoms with Gasteiger partial charge in [-0.25, -0.2) is 0 Å². The standard InChI is InChI=1S/C10H22O3S/c1-9(2)13-7-10(11)8-14-6-4-5-12-3/h9-11H,4-8H2,1-3H3. The van der Waals surface area contributed by atoms with Gasteiger partial charge in [0, 0.05) is 19.5 Å². The molecule has 0 rings (SSSR count). The van der Waals surface area contributed by atoms with Crippen LogP contribution in [0.25, 0.3) is 0 Å². The van der Waals surface area contributed by atoms with Crippen LogP contribution in [0.4, 0.5) is 0 Å². The van der Waals surface area contributed by atoms with Gasteiger partial charge < -0.3 is 14.6 Å². The number of methoxy groups -OCH3 is 1. The molecule has 0 aromatic carbocycles. The highest BCUT2D eigenvalue weighted by Gasteiger charge is 2.05. The summed E-state index contributed by atoms with van der Waals surface area (Å²) in [7, 11) is 1.70. The zero-order valence-corrected chi connectivity index (χ0v) is 10.2. The SMILES string of the molecule is COCCCSCC(O)COC(C)C. The number of aliphatic hydroxyl groups excluding tert-OH is 1. The van der Waals surface area contributed by atoms with Gasteiger partial charge in [-0.2, -0.15) is 11.8 Å². The van der Waals surface area contributed by atoms with Crippen LogP contribution in [0.1, 0.15) is 20.3 Å². The van der Waals surface area contributed by atoms with Gasteiger partial charge in [-0.05, 0) is 26.0 Å². The maximum atomic E-state index is 9.48. The van der Waals surface area contributed by atoms with Gasteiger partial charge in [0.2, 0.25) is 0 Å². The average molecular weight is 222 g/mol. The molecule has 0 saturated heterocycles. The molecule has 0 aliphatic heterocycles. The van der Waals surface area contributed by atoms with Crippen molar-refractivity contribution in [3.63, 3.8) is 0 Å². The molecule has 3 nitrogen and oxygen atoms in total. The number of aliphatic hydroxyl groups is 1. The van der Waals surface area contributed by atoms with E-state index in [2.05, 4.69) is 0 Å². The molecule has 0 heterocycles. The van der Waals surface area contributed by atoms with Gasteiger partial charge in [0.05, 0.1) is 18.8 Å². The van der Waals surface area contributed by atoms with Crippen LogP contribution in [0, 0.1) is 0 Å². The Balaban J connectivity index is 3.14.